The van der Waals surface area contributed by atoms with Gasteiger partial charge in [-0.2, -0.15) is 4.80 Å². The fourth-order valence-electron chi connectivity index (χ4n) is 2.98. The minimum atomic E-state index is -0.517. The molecule has 3 aromatic rings. The van der Waals surface area contributed by atoms with E-state index in [1.54, 1.807) is 37.5 Å². The largest absolute Gasteiger partial charge is 0.441 e. The third-order valence-corrected chi connectivity index (χ3v) is 4.30. The lowest BCUT2D eigenvalue weighted by Gasteiger charge is -2.14. The Balaban J connectivity index is 1.56. The lowest BCUT2D eigenvalue weighted by molar-refractivity contribution is 0.0718. The molecule has 1 saturated heterocycles. The van der Waals surface area contributed by atoms with Gasteiger partial charge in [0.25, 0.3) is 0 Å². The van der Waals surface area contributed by atoms with Gasteiger partial charge in [-0.05, 0) is 29.5 Å². The van der Waals surface area contributed by atoms with Crippen molar-refractivity contribution in [2.45, 2.75) is 6.10 Å². The van der Waals surface area contributed by atoms with Crippen LogP contribution in [0.25, 0.3) is 22.6 Å². The molecule has 1 atom stereocenters. The highest BCUT2D eigenvalue weighted by atomic mass is 19.1. The number of aryl methyl sites for hydroxylation is 1. The summed E-state index contributed by atoms with van der Waals surface area (Å²) in [6.07, 6.45) is 0.658. The van der Waals surface area contributed by atoms with Crippen LogP contribution < -0.4 is 4.90 Å². The average molecular weight is 384 g/mol. The van der Waals surface area contributed by atoms with Gasteiger partial charge in [-0.1, -0.05) is 6.07 Å². The second-order valence-corrected chi connectivity index (χ2v) is 6.27. The predicted octanol–water partition coefficient (Wildman–Crippen LogP) is 2.05. The molecule has 0 N–H and O–H groups in total. The van der Waals surface area contributed by atoms with Crippen LogP contribution in [0.4, 0.5) is 14.9 Å². The van der Waals surface area contributed by atoms with Crippen molar-refractivity contribution in [2.24, 2.45) is 7.05 Å². The van der Waals surface area contributed by atoms with Gasteiger partial charge in [0, 0.05) is 24.4 Å². The topological polar surface area (TPSA) is 95.3 Å². The number of hydrogen-bond acceptors (Lipinski definition) is 7. The van der Waals surface area contributed by atoms with Gasteiger partial charge in [-0.15, -0.1) is 10.2 Å². The molecule has 1 aliphatic heterocycles. The van der Waals surface area contributed by atoms with E-state index in [9.17, 15) is 9.18 Å². The summed E-state index contributed by atoms with van der Waals surface area (Å²) in [5.41, 5.74) is 1.94. The molecule has 9 nitrogen and oxygen atoms in total. The fourth-order valence-corrected chi connectivity index (χ4v) is 2.98. The van der Waals surface area contributed by atoms with Crippen LogP contribution in [-0.4, -0.2) is 57.6 Å². The first-order valence-corrected chi connectivity index (χ1v) is 8.52. The molecule has 4 rings (SSSR count). The Morgan fingerprint density at radius 1 is 1.32 bits per heavy atom. The number of aromatic nitrogens is 5. The molecule has 2 aromatic heterocycles. The van der Waals surface area contributed by atoms with Crippen molar-refractivity contribution in [3.8, 4) is 22.6 Å². The van der Waals surface area contributed by atoms with Gasteiger partial charge >= 0.3 is 6.09 Å². The SMILES string of the molecule is COC[C@H]1CN(c2ccc(-c3ccc(-c4nnn(C)n4)nc3)c(F)c2)C(=O)O1. The third kappa shape index (κ3) is 3.41. The van der Waals surface area contributed by atoms with Crippen LogP contribution >= 0.6 is 0 Å². The second kappa shape index (κ2) is 7.31. The van der Waals surface area contributed by atoms with Crippen molar-refractivity contribution in [1.29, 1.82) is 0 Å². The normalized spacial score (nSPS) is 16.5. The van der Waals surface area contributed by atoms with Crippen LogP contribution in [0.15, 0.2) is 36.5 Å². The number of tetrazole rings is 1. The summed E-state index contributed by atoms with van der Waals surface area (Å²) in [6, 6.07) is 8.03. The molecule has 1 aromatic carbocycles. The number of ether oxygens (including phenoxy) is 2. The molecule has 3 heterocycles. The van der Waals surface area contributed by atoms with Gasteiger partial charge in [0.15, 0.2) is 0 Å². The maximum atomic E-state index is 14.7. The Labute approximate surface area is 159 Å². The maximum Gasteiger partial charge on any atom is 0.414 e. The number of pyridine rings is 1. The number of benzene rings is 1. The molecular weight excluding hydrogens is 367 g/mol. The molecule has 1 amide bonds. The number of methoxy groups -OCH3 is 1. The zero-order chi connectivity index (χ0) is 19.7. The maximum absolute atomic E-state index is 14.7. The van der Waals surface area contributed by atoms with E-state index < -0.39 is 11.9 Å². The Bertz CT molecular complexity index is 1010. The quantitative estimate of drug-likeness (QED) is 0.664. The summed E-state index contributed by atoms with van der Waals surface area (Å²) < 4.78 is 24.9. The van der Waals surface area contributed by atoms with Crippen molar-refractivity contribution in [3.05, 3.63) is 42.3 Å². The smallest absolute Gasteiger partial charge is 0.414 e. The summed E-state index contributed by atoms with van der Waals surface area (Å²) in [4.78, 5) is 19.0. The molecule has 0 radical (unpaired) electrons. The second-order valence-electron chi connectivity index (χ2n) is 6.27. The molecule has 0 aliphatic carbocycles. The first kappa shape index (κ1) is 18.0. The number of hydrogen-bond donors (Lipinski definition) is 0. The zero-order valence-electron chi connectivity index (χ0n) is 15.2. The zero-order valence-corrected chi connectivity index (χ0v) is 15.2. The Morgan fingerprint density at radius 3 is 2.82 bits per heavy atom. The highest BCUT2D eigenvalue weighted by Gasteiger charge is 2.32. The van der Waals surface area contributed by atoms with E-state index in [4.69, 9.17) is 9.47 Å². The highest BCUT2D eigenvalue weighted by molar-refractivity contribution is 5.90. The van der Waals surface area contributed by atoms with Gasteiger partial charge < -0.3 is 9.47 Å². The van der Waals surface area contributed by atoms with Crippen molar-refractivity contribution in [3.63, 3.8) is 0 Å². The third-order valence-electron chi connectivity index (χ3n) is 4.30. The standard InChI is InChI=1S/C18H17FN6O3/c1-24-22-17(21-23-24)16-6-3-11(8-20-16)14-5-4-12(7-15(14)19)25-9-13(10-27-2)28-18(25)26/h3-8,13H,9-10H2,1-2H3/t13-/m1/s1. The van der Waals surface area contributed by atoms with Crippen molar-refractivity contribution in [2.75, 3.05) is 25.2 Å². The van der Waals surface area contributed by atoms with Gasteiger partial charge in [-0.25, -0.2) is 9.18 Å². The van der Waals surface area contributed by atoms with Crippen molar-refractivity contribution < 1.29 is 18.7 Å². The molecule has 0 unspecified atom stereocenters. The number of carbonyl (C=O) groups excluding carboxylic acids is 1. The molecule has 0 bridgehead atoms. The molecular formula is C18H17FN6O3. The number of rotatable bonds is 5. The number of cyclic esters (lactones) is 1. The fraction of sp³-hybridized carbons (Fsp3) is 0.278. The van der Waals surface area contributed by atoms with Crippen LogP contribution in [0.2, 0.25) is 0 Å². The van der Waals surface area contributed by atoms with E-state index in [1.165, 1.54) is 22.9 Å². The summed E-state index contributed by atoms with van der Waals surface area (Å²) in [7, 11) is 3.19. The Hall–Kier alpha value is -3.40. The van der Waals surface area contributed by atoms with E-state index >= 15 is 0 Å². The van der Waals surface area contributed by atoms with E-state index in [0.29, 0.717) is 41.5 Å². The number of halogens is 1. The lowest BCUT2D eigenvalue weighted by atomic mass is 10.1. The molecule has 0 spiro atoms. The predicted molar refractivity (Wildman–Crippen MR) is 96.9 cm³/mol. The molecule has 10 heteroatoms. The van der Waals surface area contributed by atoms with Crippen LogP contribution in [-0.2, 0) is 16.5 Å². The van der Waals surface area contributed by atoms with Crippen LogP contribution in [0.3, 0.4) is 0 Å². The molecule has 144 valence electrons. The van der Waals surface area contributed by atoms with Crippen molar-refractivity contribution >= 4 is 11.8 Å². The highest BCUT2D eigenvalue weighted by Crippen LogP contribution is 2.29. The monoisotopic (exact) mass is 384 g/mol. The number of anilines is 1. The van der Waals surface area contributed by atoms with Crippen LogP contribution in [0, 0.1) is 5.82 Å². The first-order valence-electron chi connectivity index (χ1n) is 8.52. The summed E-state index contributed by atoms with van der Waals surface area (Å²) in [5.74, 6) is -0.0734. The molecule has 1 aliphatic rings. The summed E-state index contributed by atoms with van der Waals surface area (Å²) in [5, 5.41) is 11.7. The Morgan fingerprint density at radius 2 is 2.18 bits per heavy atom. The lowest BCUT2D eigenvalue weighted by Crippen LogP contribution is -2.25. The minimum absolute atomic E-state index is 0.293. The van der Waals surface area contributed by atoms with E-state index in [1.807, 2.05) is 0 Å². The van der Waals surface area contributed by atoms with Gasteiger partial charge in [-0.3, -0.25) is 9.88 Å². The van der Waals surface area contributed by atoms with E-state index in [0.717, 1.165) is 0 Å². The molecule has 0 saturated carbocycles. The molecule has 1 fully saturated rings. The minimum Gasteiger partial charge on any atom is -0.441 e. The van der Waals surface area contributed by atoms with E-state index in [-0.39, 0.29) is 6.10 Å². The van der Waals surface area contributed by atoms with Crippen molar-refractivity contribution in [1.82, 2.24) is 25.2 Å². The van der Waals surface area contributed by atoms with Gasteiger partial charge in [0.1, 0.15) is 17.6 Å². The number of carbonyl (C=O) groups is 1. The summed E-state index contributed by atoms with van der Waals surface area (Å²) >= 11 is 0. The first-order chi connectivity index (χ1) is 13.5. The van der Waals surface area contributed by atoms with Crippen LogP contribution in [0.1, 0.15) is 0 Å². The summed E-state index contributed by atoms with van der Waals surface area (Å²) in [6.45, 7) is 0.605. The van der Waals surface area contributed by atoms with E-state index in [2.05, 4.69) is 20.4 Å². The number of amides is 1. The Kier molecular flexibility index (Phi) is 4.70. The van der Waals surface area contributed by atoms with Gasteiger partial charge in [0.05, 0.1) is 25.9 Å². The molecule has 28 heavy (non-hydrogen) atoms. The number of nitrogens with zero attached hydrogens (tertiary/aromatic N) is 6. The van der Waals surface area contributed by atoms with Gasteiger partial charge in [0.2, 0.25) is 5.82 Å². The average Bonchev–Trinajstić information content (AvgIpc) is 3.28. The van der Waals surface area contributed by atoms with Crippen LogP contribution in [0.5, 0.6) is 0 Å².